The predicted octanol–water partition coefficient (Wildman–Crippen LogP) is 3.72. The fourth-order valence-corrected chi connectivity index (χ4v) is 4.38. The van der Waals surface area contributed by atoms with Crippen molar-refractivity contribution in [2.24, 2.45) is 0 Å². The minimum Gasteiger partial charge on any atom is -0.378 e. The zero-order valence-electron chi connectivity index (χ0n) is 16.2. The second-order valence-electron chi connectivity index (χ2n) is 6.45. The van der Waals surface area contributed by atoms with E-state index in [0.717, 1.165) is 23.8 Å². The second kappa shape index (κ2) is 8.89. The van der Waals surface area contributed by atoms with Crippen LogP contribution in [0.15, 0.2) is 40.9 Å². The molecule has 1 saturated heterocycles. The lowest BCUT2D eigenvalue weighted by atomic mass is 10.2. The number of hydrogen-bond acceptors (Lipinski definition) is 8. The number of aromatic nitrogens is 3. The van der Waals surface area contributed by atoms with Crippen LogP contribution in [0.5, 0.6) is 0 Å². The zero-order chi connectivity index (χ0) is 20.2. The van der Waals surface area contributed by atoms with Crippen molar-refractivity contribution in [2.45, 2.75) is 11.9 Å². The van der Waals surface area contributed by atoms with Gasteiger partial charge in [-0.3, -0.25) is 4.79 Å². The Morgan fingerprint density at radius 2 is 2.07 bits per heavy atom. The van der Waals surface area contributed by atoms with Gasteiger partial charge < -0.3 is 15.0 Å². The van der Waals surface area contributed by atoms with Crippen molar-refractivity contribution >= 4 is 40.5 Å². The Morgan fingerprint density at radius 1 is 1.24 bits per heavy atom. The Kier molecular flexibility index (Phi) is 6.08. The number of thioether (sulfide) groups is 1. The van der Waals surface area contributed by atoms with Gasteiger partial charge in [0.15, 0.2) is 5.82 Å². The van der Waals surface area contributed by atoms with Crippen molar-refractivity contribution in [2.75, 3.05) is 42.8 Å². The third-order valence-corrected chi connectivity index (χ3v) is 6.11. The maximum Gasteiger partial charge on any atom is 0.260 e. The van der Waals surface area contributed by atoms with Gasteiger partial charge >= 0.3 is 0 Å². The van der Waals surface area contributed by atoms with Gasteiger partial charge in [-0.05, 0) is 36.8 Å². The number of hydrogen-bond donors (Lipinski definition) is 1. The molecular formula is C20H21N5O2S2. The van der Waals surface area contributed by atoms with Crippen LogP contribution in [-0.4, -0.2) is 53.4 Å². The van der Waals surface area contributed by atoms with Crippen molar-refractivity contribution in [3.63, 3.8) is 0 Å². The number of anilines is 2. The van der Waals surface area contributed by atoms with E-state index in [-0.39, 0.29) is 5.91 Å². The maximum absolute atomic E-state index is 12.9. The number of ether oxygens (including phenoxy) is 1. The maximum atomic E-state index is 12.9. The lowest BCUT2D eigenvalue weighted by Crippen LogP contribution is -2.36. The van der Waals surface area contributed by atoms with Gasteiger partial charge in [0.05, 0.1) is 41.2 Å². The first-order chi connectivity index (χ1) is 14.2. The number of nitrogens with zero attached hydrogens (tertiary/aromatic N) is 4. The number of rotatable bonds is 5. The van der Waals surface area contributed by atoms with Crippen LogP contribution < -0.4 is 10.2 Å². The number of carbonyl (C=O) groups excluding carboxylic acids is 1. The highest BCUT2D eigenvalue weighted by Gasteiger charge is 2.20. The van der Waals surface area contributed by atoms with Crippen LogP contribution in [0.3, 0.4) is 0 Å². The molecule has 0 aromatic carbocycles. The fourth-order valence-electron chi connectivity index (χ4n) is 3.10. The molecule has 4 heterocycles. The summed E-state index contributed by atoms with van der Waals surface area (Å²) in [5.74, 6) is 1.30. The zero-order valence-corrected chi connectivity index (χ0v) is 17.8. The fraction of sp³-hybridized carbons (Fsp3) is 0.300. The molecule has 4 rings (SSSR count). The highest BCUT2D eigenvalue weighted by atomic mass is 32.2. The van der Waals surface area contributed by atoms with E-state index in [4.69, 9.17) is 4.74 Å². The van der Waals surface area contributed by atoms with Crippen molar-refractivity contribution in [1.82, 2.24) is 15.0 Å². The summed E-state index contributed by atoms with van der Waals surface area (Å²) < 4.78 is 5.37. The molecule has 1 fully saturated rings. The molecule has 0 aliphatic carbocycles. The first-order valence-electron chi connectivity index (χ1n) is 9.22. The largest absolute Gasteiger partial charge is 0.378 e. The standard InChI is InChI=1S/C20H21N5O2S2/c1-13-17(20(28-2)24-18(22-13)15-4-3-11-29-15)19(26)23-14-5-6-16(21-12-14)25-7-9-27-10-8-25/h3-6,11-12H,7-10H2,1-2H3,(H,23,26). The van der Waals surface area contributed by atoms with Crippen LogP contribution in [0.2, 0.25) is 0 Å². The predicted molar refractivity (Wildman–Crippen MR) is 117 cm³/mol. The molecule has 1 amide bonds. The Hall–Kier alpha value is -2.49. The number of morpholine rings is 1. The van der Waals surface area contributed by atoms with E-state index in [1.807, 2.05) is 42.8 Å². The van der Waals surface area contributed by atoms with Gasteiger partial charge in [0.1, 0.15) is 10.8 Å². The quantitative estimate of drug-likeness (QED) is 0.491. The molecule has 9 heteroatoms. The molecule has 1 aliphatic rings. The van der Waals surface area contributed by atoms with Crippen molar-refractivity contribution in [1.29, 1.82) is 0 Å². The molecular weight excluding hydrogens is 406 g/mol. The molecule has 1 aliphatic heterocycles. The van der Waals surface area contributed by atoms with Crippen LogP contribution in [0, 0.1) is 6.92 Å². The summed E-state index contributed by atoms with van der Waals surface area (Å²) in [5.41, 5.74) is 1.79. The number of pyridine rings is 1. The number of nitrogens with one attached hydrogen (secondary N) is 1. The van der Waals surface area contributed by atoms with Gasteiger partial charge in [-0.1, -0.05) is 6.07 Å². The SMILES string of the molecule is CSc1nc(-c2cccs2)nc(C)c1C(=O)Nc1ccc(N2CCOCC2)nc1. The molecule has 0 atom stereocenters. The van der Waals surface area contributed by atoms with Crippen LogP contribution in [0.25, 0.3) is 10.7 Å². The first kappa shape index (κ1) is 19.8. The molecule has 0 spiro atoms. The van der Waals surface area contributed by atoms with Crippen LogP contribution in [0.4, 0.5) is 11.5 Å². The molecule has 0 radical (unpaired) electrons. The van der Waals surface area contributed by atoms with Crippen molar-refractivity contribution in [3.8, 4) is 10.7 Å². The Balaban J connectivity index is 1.53. The average molecular weight is 428 g/mol. The highest BCUT2D eigenvalue weighted by Crippen LogP contribution is 2.28. The summed E-state index contributed by atoms with van der Waals surface area (Å²) in [4.78, 5) is 29.7. The number of aryl methyl sites for hydroxylation is 1. The topological polar surface area (TPSA) is 80.2 Å². The molecule has 150 valence electrons. The van der Waals surface area contributed by atoms with Gasteiger partial charge in [0, 0.05) is 13.1 Å². The Morgan fingerprint density at radius 3 is 2.72 bits per heavy atom. The molecule has 3 aromatic heterocycles. The van der Waals surface area contributed by atoms with Gasteiger partial charge in [-0.2, -0.15) is 0 Å². The highest BCUT2D eigenvalue weighted by molar-refractivity contribution is 7.98. The Bertz CT molecular complexity index is 987. The van der Waals surface area contributed by atoms with Crippen LogP contribution >= 0.6 is 23.1 Å². The number of amides is 1. The monoisotopic (exact) mass is 427 g/mol. The number of thiophene rings is 1. The lowest BCUT2D eigenvalue weighted by Gasteiger charge is -2.27. The summed E-state index contributed by atoms with van der Waals surface area (Å²) >= 11 is 3.02. The van der Waals surface area contributed by atoms with Crippen LogP contribution in [0.1, 0.15) is 16.1 Å². The van der Waals surface area contributed by atoms with Gasteiger partial charge in [-0.15, -0.1) is 23.1 Å². The molecule has 0 bridgehead atoms. The van der Waals surface area contributed by atoms with E-state index in [1.165, 1.54) is 11.8 Å². The van der Waals surface area contributed by atoms with E-state index in [1.54, 1.807) is 17.5 Å². The number of carbonyl (C=O) groups is 1. The summed E-state index contributed by atoms with van der Waals surface area (Å²) in [6.45, 7) is 4.90. The van der Waals surface area contributed by atoms with E-state index in [9.17, 15) is 4.79 Å². The van der Waals surface area contributed by atoms with Gasteiger partial charge in [0.25, 0.3) is 5.91 Å². The molecule has 0 unspecified atom stereocenters. The molecule has 3 aromatic rings. The Labute approximate surface area is 177 Å². The third-order valence-electron chi connectivity index (χ3n) is 4.56. The third kappa shape index (κ3) is 4.42. The minimum absolute atomic E-state index is 0.231. The van der Waals surface area contributed by atoms with E-state index >= 15 is 0 Å². The molecule has 7 nitrogen and oxygen atoms in total. The summed E-state index contributed by atoms with van der Waals surface area (Å²) in [7, 11) is 0. The minimum atomic E-state index is -0.231. The van der Waals surface area contributed by atoms with E-state index in [2.05, 4.69) is 25.2 Å². The normalized spacial score (nSPS) is 14.1. The molecule has 1 N–H and O–H groups in total. The second-order valence-corrected chi connectivity index (χ2v) is 8.20. The lowest BCUT2D eigenvalue weighted by molar-refractivity contribution is 0.102. The average Bonchev–Trinajstić information content (AvgIpc) is 3.29. The van der Waals surface area contributed by atoms with Gasteiger partial charge in [0.2, 0.25) is 0 Å². The first-order valence-corrected chi connectivity index (χ1v) is 11.3. The summed E-state index contributed by atoms with van der Waals surface area (Å²) in [6.07, 6.45) is 3.59. The van der Waals surface area contributed by atoms with Gasteiger partial charge in [-0.25, -0.2) is 15.0 Å². The molecule has 29 heavy (non-hydrogen) atoms. The van der Waals surface area contributed by atoms with Crippen molar-refractivity contribution < 1.29 is 9.53 Å². The summed E-state index contributed by atoms with van der Waals surface area (Å²) in [6, 6.07) is 7.72. The van der Waals surface area contributed by atoms with Crippen LogP contribution in [-0.2, 0) is 4.74 Å². The van der Waals surface area contributed by atoms with E-state index in [0.29, 0.717) is 41.0 Å². The summed E-state index contributed by atoms with van der Waals surface area (Å²) in [5, 5.41) is 5.57. The smallest absolute Gasteiger partial charge is 0.260 e. The molecule has 0 saturated carbocycles. The van der Waals surface area contributed by atoms with Crippen molar-refractivity contribution in [3.05, 3.63) is 47.1 Å². The van der Waals surface area contributed by atoms with E-state index < -0.39 is 0 Å².